The molecule has 154 valence electrons. The molecule has 0 radical (unpaired) electrons. The molecule has 1 N–H and O–H groups in total. The van der Waals surface area contributed by atoms with E-state index in [1.54, 1.807) is 6.20 Å². The van der Waals surface area contributed by atoms with Gasteiger partial charge in [-0.15, -0.1) is 0 Å². The lowest BCUT2D eigenvalue weighted by atomic mass is 9.81. The number of fused-ring (bicyclic) bond motifs is 3. The summed E-state index contributed by atoms with van der Waals surface area (Å²) >= 11 is 0. The van der Waals surface area contributed by atoms with Crippen molar-refractivity contribution >= 4 is 22.8 Å². The van der Waals surface area contributed by atoms with Crippen LogP contribution in [0, 0.1) is 0 Å². The summed E-state index contributed by atoms with van der Waals surface area (Å²) in [6.07, 6.45) is 6.62. The van der Waals surface area contributed by atoms with Crippen LogP contribution >= 0.6 is 0 Å². The molecule has 2 amide bonds. The summed E-state index contributed by atoms with van der Waals surface area (Å²) in [5, 5.41) is 4.12. The Kier molecular flexibility index (Phi) is 4.99. The normalized spacial score (nSPS) is 23.3. The smallest absolute Gasteiger partial charge is 0.290 e. The zero-order valence-corrected chi connectivity index (χ0v) is 16.8. The number of carbonyl (C=O) groups excluding carboxylic acids is 2. The van der Waals surface area contributed by atoms with Crippen LogP contribution in [-0.4, -0.2) is 39.8 Å². The van der Waals surface area contributed by atoms with E-state index in [9.17, 15) is 9.59 Å². The first-order valence-corrected chi connectivity index (χ1v) is 10.7. The Bertz CT molecular complexity index is 1010. The van der Waals surface area contributed by atoms with Crippen LogP contribution in [0.1, 0.15) is 48.4 Å². The SMILES string of the molecule is O=C(Cc1ccccn1)NC1C[C@H]2CCC[C@@H](C1)N2C(=O)c1cc2ccccc2o1. The third-order valence-electron chi connectivity index (χ3n) is 6.28. The number of rotatable bonds is 4. The zero-order chi connectivity index (χ0) is 20.5. The number of benzene rings is 1. The van der Waals surface area contributed by atoms with Gasteiger partial charge in [-0.3, -0.25) is 14.6 Å². The Labute approximate surface area is 175 Å². The molecule has 1 aromatic carbocycles. The van der Waals surface area contributed by atoms with Crippen LogP contribution in [0.15, 0.2) is 59.1 Å². The van der Waals surface area contributed by atoms with E-state index in [0.717, 1.165) is 48.8 Å². The van der Waals surface area contributed by atoms with E-state index in [4.69, 9.17) is 4.42 Å². The highest BCUT2D eigenvalue weighted by Gasteiger charge is 2.42. The van der Waals surface area contributed by atoms with Crippen LogP contribution in [0.5, 0.6) is 0 Å². The van der Waals surface area contributed by atoms with Gasteiger partial charge < -0.3 is 14.6 Å². The lowest BCUT2D eigenvalue weighted by Crippen LogP contribution is -2.58. The Hall–Kier alpha value is -3.15. The van der Waals surface area contributed by atoms with Crippen LogP contribution in [0.2, 0.25) is 0 Å². The Morgan fingerprint density at radius 3 is 2.57 bits per heavy atom. The van der Waals surface area contributed by atoms with E-state index in [1.165, 1.54) is 0 Å². The van der Waals surface area contributed by atoms with Gasteiger partial charge in [-0.25, -0.2) is 0 Å². The number of hydrogen-bond acceptors (Lipinski definition) is 4. The number of piperidine rings is 2. The predicted molar refractivity (Wildman–Crippen MR) is 113 cm³/mol. The van der Waals surface area contributed by atoms with Crippen molar-refractivity contribution in [1.82, 2.24) is 15.2 Å². The van der Waals surface area contributed by atoms with Crippen molar-refractivity contribution in [1.29, 1.82) is 0 Å². The van der Waals surface area contributed by atoms with Gasteiger partial charge in [0.2, 0.25) is 5.91 Å². The Balaban J connectivity index is 1.28. The average Bonchev–Trinajstić information content (AvgIpc) is 3.17. The fraction of sp³-hybridized carbons (Fsp3) is 0.375. The van der Waals surface area contributed by atoms with Crippen LogP contribution in [0.4, 0.5) is 0 Å². The van der Waals surface area contributed by atoms with Crippen molar-refractivity contribution in [3.05, 3.63) is 66.2 Å². The molecule has 0 spiro atoms. The fourth-order valence-electron chi connectivity index (χ4n) is 4.99. The van der Waals surface area contributed by atoms with Crippen molar-refractivity contribution in [3.63, 3.8) is 0 Å². The lowest BCUT2D eigenvalue weighted by Gasteiger charge is -2.48. The number of furan rings is 1. The molecule has 0 aliphatic carbocycles. The van der Waals surface area contributed by atoms with Gasteiger partial charge in [0, 0.05) is 35.4 Å². The molecule has 2 aliphatic rings. The van der Waals surface area contributed by atoms with Gasteiger partial charge in [0.25, 0.3) is 5.91 Å². The standard InChI is InChI=1S/C24H25N3O3/c28-23(15-17-7-3-4-11-25-17)26-18-13-19-8-5-9-20(14-18)27(19)24(29)22-12-16-6-1-2-10-21(16)30-22/h1-4,6-7,10-12,18-20H,5,8-9,13-15H2,(H,26,28)/t18?,19-,20+. The minimum atomic E-state index is -0.0286. The molecule has 2 saturated heterocycles. The number of aromatic nitrogens is 1. The zero-order valence-electron chi connectivity index (χ0n) is 16.8. The summed E-state index contributed by atoms with van der Waals surface area (Å²) in [4.78, 5) is 32.0. The Morgan fingerprint density at radius 2 is 1.83 bits per heavy atom. The highest BCUT2D eigenvalue weighted by atomic mass is 16.3. The third-order valence-corrected chi connectivity index (χ3v) is 6.28. The average molecular weight is 403 g/mol. The van der Waals surface area contributed by atoms with Gasteiger partial charge in [0.1, 0.15) is 5.58 Å². The summed E-state index contributed by atoms with van der Waals surface area (Å²) in [6.45, 7) is 0. The largest absolute Gasteiger partial charge is 0.451 e. The van der Waals surface area contributed by atoms with Gasteiger partial charge in [-0.2, -0.15) is 0 Å². The van der Waals surface area contributed by atoms with Crippen molar-refractivity contribution in [2.75, 3.05) is 0 Å². The van der Waals surface area contributed by atoms with Gasteiger partial charge in [0.05, 0.1) is 6.42 Å². The first kappa shape index (κ1) is 18.9. The molecule has 2 aromatic heterocycles. The predicted octanol–water partition coefficient (Wildman–Crippen LogP) is 3.71. The maximum absolute atomic E-state index is 13.3. The monoisotopic (exact) mass is 403 g/mol. The van der Waals surface area contributed by atoms with Crippen LogP contribution in [0.3, 0.4) is 0 Å². The van der Waals surface area contributed by atoms with E-state index in [1.807, 2.05) is 53.4 Å². The molecule has 6 heteroatoms. The second kappa shape index (κ2) is 7.94. The molecule has 2 bridgehead atoms. The number of hydrogen-bond donors (Lipinski definition) is 1. The summed E-state index contributed by atoms with van der Waals surface area (Å²) in [7, 11) is 0. The lowest BCUT2D eigenvalue weighted by molar-refractivity contribution is -0.121. The van der Waals surface area contributed by atoms with Crippen molar-refractivity contribution in [2.45, 2.75) is 56.7 Å². The number of nitrogens with zero attached hydrogens (tertiary/aromatic N) is 2. The molecule has 3 atom stereocenters. The maximum atomic E-state index is 13.3. The topological polar surface area (TPSA) is 75.4 Å². The molecule has 2 aliphatic heterocycles. The molecule has 4 heterocycles. The van der Waals surface area contributed by atoms with Gasteiger partial charge in [-0.05, 0) is 56.4 Å². The number of carbonyl (C=O) groups is 2. The molecular formula is C24H25N3O3. The van der Waals surface area contributed by atoms with Crippen molar-refractivity contribution in [3.8, 4) is 0 Å². The molecular weight excluding hydrogens is 378 g/mol. The van der Waals surface area contributed by atoms with Crippen molar-refractivity contribution in [2.24, 2.45) is 0 Å². The number of nitrogens with one attached hydrogen (secondary N) is 1. The number of amides is 2. The van der Waals surface area contributed by atoms with Gasteiger partial charge in [0.15, 0.2) is 5.76 Å². The summed E-state index contributed by atoms with van der Waals surface area (Å²) in [5.74, 6) is 0.374. The van der Waals surface area contributed by atoms with Crippen LogP contribution in [0.25, 0.3) is 11.0 Å². The third kappa shape index (κ3) is 3.70. The summed E-state index contributed by atoms with van der Waals surface area (Å²) < 4.78 is 5.84. The maximum Gasteiger partial charge on any atom is 0.290 e. The fourth-order valence-corrected chi connectivity index (χ4v) is 4.99. The van der Waals surface area contributed by atoms with Crippen LogP contribution < -0.4 is 5.32 Å². The first-order valence-electron chi connectivity index (χ1n) is 10.7. The molecule has 5 rings (SSSR count). The molecule has 3 aromatic rings. The minimum absolute atomic E-state index is 0.00571. The summed E-state index contributed by atoms with van der Waals surface area (Å²) in [5.41, 5.74) is 1.51. The molecule has 30 heavy (non-hydrogen) atoms. The number of para-hydroxylation sites is 1. The minimum Gasteiger partial charge on any atom is -0.451 e. The Morgan fingerprint density at radius 1 is 1.07 bits per heavy atom. The van der Waals surface area contributed by atoms with E-state index in [-0.39, 0.29) is 36.4 Å². The van der Waals surface area contributed by atoms with Gasteiger partial charge in [-0.1, -0.05) is 24.3 Å². The van der Waals surface area contributed by atoms with Crippen molar-refractivity contribution < 1.29 is 14.0 Å². The van der Waals surface area contributed by atoms with Crippen LogP contribution in [-0.2, 0) is 11.2 Å². The van der Waals surface area contributed by atoms with Gasteiger partial charge >= 0.3 is 0 Å². The van der Waals surface area contributed by atoms with E-state index >= 15 is 0 Å². The highest BCUT2D eigenvalue weighted by Crippen LogP contribution is 2.36. The van der Waals surface area contributed by atoms with E-state index < -0.39 is 0 Å². The molecule has 2 fully saturated rings. The highest BCUT2D eigenvalue weighted by molar-refractivity contribution is 5.96. The van der Waals surface area contributed by atoms with E-state index in [2.05, 4.69) is 10.3 Å². The second-order valence-electron chi connectivity index (χ2n) is 8.33. The molecule has 1 unspecified atom stereocenters. The summed E-state index contributed by atoms with van der Waals surface area (Å²) in [6, 6.07) is 15.5. The number of pyridine rings is 1. The van der Waals surface area contributed by atoms with E-state index in [0.29, 0.717) is 5.76 Å². The first-order chi connectivity index (χ1) is 14.7. The second-order valence-corrected chi connectivity index (χ2v) is 8.33. The molecule has 6 nitrogen and oxygen atoms in total. The molecule has 0 saturated carbocycles. The quantitative estimate of drug-likeness (QED) is 0.721.